The Morgan fingerprint density at radius 3 is 2.82 bits per heavy atom. The van der Waals surface area contributed by atoms with E-state index in [2.05, 4.69) is 10.0 Å². The second-order valence-corrected chi connectivity index (χ2v) is 3.85. The largest absolute Gasteiger partial charge is 0.347 e. The van der Waals surface area contributed by atoms with E-state index in [0.29, 0.717) is 17.4 Å². The quantitative estimate of drug-likeness (QED) is 0.444. The summed E-state index contributed by atoms with van der Waals surface area (Å²) in [6.07, 6.45) is 1.72. The van der Waals surface area contributed by atoms with Crippen LogP contribution in [0.4, 0.5) is 8.78 Å². The minimum atomic E-state index is -0.881. The van der Waals surface area contributed by atoms with Crippen LogP contribution in [0, 0.1) is 11.6 Å². The molecule has 1 aromatic heterocycles. The summed E-state index contributed by atoms with van der Waals surface area (Å²) in [5, 5.41) is 4.16. The molecule has 6 heteroatoms. The summed E-state index contributed by atoms with van der Waals surface area (Å²) >= 11 is 0. The van der Waals surface area contributed by atoms with Crippen molar-refractivity contribution in [2.24, 2.45) is 5.11 Å². The van der Waals surface area contributed by atoms with Gasteiger partial charge >= 0.3 is 0 Å². The molecule has 1 aromatic carbocycles. The van der Waals surface area contributed by atoms with Gasteiger partial charge in [-0.2, -0.15) is 0 Å². The number of rotatable bonds is 3. The van der Waals surface area contributed by atoms with Crippen LogP contribution in [0.5, 0.6) is 0 Å². The average Bonchev–Trinajstić information content (AvgIpc) is 2.63. The third-order valence-electron chi connectivity index (χ3n) is 2.52. The molecule has 2 rings (SSSR count). The molecule has 0 amide bonds. The van der Waals surface area contributed by atoms with Gasteiger partial charge < -0.3 is 4.57 Å². The Labute approximate surface area is 96.1 Å². The lowest BCUT2D eigenvalue weighted by Gasteiger charge is -2.08. The first-order valence-corrected chi connectivity index (χ1v) is 5.10. The van der Waals surface area contributed by atoms with Crippen molar-refractivity contribution in [3.63, 3.8) is 0 Å². The monoisotopic (exact) mass is 236 g/mol. The first-order chi connectivity index (χ1) is 8.11. The number of benzene rings is 1. The van der Waals surface area contributed by atoms with E-state index in [-0.39, 0.29) is 6.04 Å². The summed E-state index contributed by atoms with van der Waals surface area (Å²) in [6, 6.07) is 3.75. The molecule has 88 valence electrons. The van der Waals surface area contributed by atoms with Crippen molar-refractivity contribution in [3.05, 3.63) is 46.5 Å². The Balaban J connectivity index is 2.42. The molecule has 0 aliphatic heterocycles. The maximum absolute atomic E-state index is 13.1. The van der Waals surface area contributed by atoms with Crippen LogP contribution in [-0.2, 0) is 6.54 Å². The van der Waals surface area contributed by atoms with Gasteiger partial charge in [0.2, 0.25) is 0 Å². The van der Waals surface area contributed by atoms with Crippen molar-refractivity contribution in [1.29, 1.82) is 0 Å². The summed E-state index contributed by atoms with van der Waals surface area (Å²) in [4.78, 5) is 2.71. The van der Waals surface area contributed by atoms with E-state index in [1.165, 1.54) is 0 Å². The van der Waals surface area contributed by atoms with Crippen LogP contribution in [0.15, 0.2) is 29.5 Å². The van der Waals surface area contributed by atoms with Gasteiger partial charge in [0.1, 0.15) is 0 Å². The summed E-state index contributed by atoms with van der Waals surface area (Å²) in [7, 11) is 0. The normalized spacial score (nSPS) is 12.4. The van der Waals surface area contributed by atoms with Gasteiger partial charge in [0.15, 0.2) is 11.6 Å². The Kier molecular flexibility index (Phi) is 2.97. The molecule has 1 atom stereocenters. The average molecular weight is 236 g/mol. The topological polar surface area (TPSA) is 53.7 Å². The highest BCUT2D eigenvalue weighted by Gasteiger charge is 2.09. The maximum atomic E-state index is 13.1. The van der Waals surface area contributed by atoms with Crippen molar-refractivity contribution in [2.75, 3.05) is 0 Å². The summed E-state index contributed by atoms with van der Waals surface area (Å²) in [5.41, 5.74) is 8.89. The van der Waals surface area contributed by atoms with E-state index >= 15 is 0 Å². The molecule has 0 aliphatic carbocycles. The number of fused-ring (bicyclic) bond motifs is 1. The third kappa shape index (κ3) is 2.21. The molecule has 0 saturated heterocycles. The molecule has 0 aliphatic rings. The van der Waals surface area contributed by atoms with E-state index < -0.39 is 11.6 Å². The molecule has 0 fully saturated rings. The number of halogens is 2. The van der Waals surface area contributed by atoms with Crippen LogP contribution in [0.25, 0.3) is 21.3 Å². The molecule has 0 N–H and O–H groups in total. The van der Waals surface area contributed by atoms with Crippen molar-refractivity contribution in [1.82, 2.24) is 4.57 Å². The molecule has 0 saturated carbocycles. The Hall–Kier alpha value is -2.07. The van der Waals surface area contributed by atoms with Crippen LogP contribution in [0.2, 0.25) is 0 Å². The van der Waals surface area contributed by atoms with Crippen LogP contribution >= 0.6 is 0 Å². The van der Waals surface area contributed by atoms with Gasteiger partial charge in [0.05, 0.1) is 11.6 Å². The minimum absolute atomic E-state index is 0.247. The van der Waals surface area contributed by atoms with Crippen molar-refractivity contribution in [3.8, 4) is 0 Å². The molecular weight excluding hydrogens is 226 g/mol. The minimum Gasteiger partial charge on any atom is -0.347 e. The molecule has 4 nitrogen and oxygen atoms in total. The van der Waals surface area contributed by atoms with Gasteiger partial charge in [-0.25, -0.2) is 8.78 Å². The van der Waals surface area contributed by atoms with Crippen LogP contribution in [-0.4, -0.2) is 10.6 Å². The van der Waals surface area contributed by atoms with Crippen molar-refractivity contribution in [2.45, 2.75) is 19.5 Å². The van der Waals surface area contributed by atoms with Gasteiger partial charge in [-0.3, -0.25) is 0 Å². The first kappa shape index (κ1) is 11.4. The molecule has 2 aromatic rings. The number of nitrogens with zero attached hydrogens (tertiary/aromatic N) is 4. The maximum Gasteiger partial charge on any atom is 0.160 e. The fraction of sp³-hybridized carbons (Fsp3) is 0.273. The lowest BCUT2D eigenvalue weighted by molar-refractivity contribution is 0.510. The lowest BCUT2D eigenvalue weighted by Crippen LogP contribution is -2.08. The van der Waals surface area contributed by atoms with Gasteiger partial charge in [-0.05, 0) is 17.7 Å². The molecule has 0 radical (unpaired) electrons. The highest BCUT2D eigenvalue weighted by Crippen LogP contribution is 2.20. The Bertz CT molecular complexity index is 599. The molecule has 17 heavy (non-hydrogen) atoms. The van der Waals surface area contributed by atoms with Gasteiger partial charge in [0.25, 0.3) is 0 Å². The van der Waals surface area contributed by atoms with E-state index in [1.807, 2.05) is 0 Å². The second-order valence-electron chi connectivity index (χ2n) is 3.85. The van der Waals surface area contributed by atoms with Crippen LogP contribution < -0.4 is 0 Å². The zero-order valence-corrected chi connectivity index (χ0v) is 9.14. The SMILES string of the molecule is C[C@@H](Cn1ccc2cc(F)c(F)cc21)N=[N+]=[N-]. The highest BCUT2D eigenvalue weighted by atomic mass is 19.2. The fourth-order valence-corrected chi connectivity index (χ4v) is 1.75. The predicted molar refractivity (Wildman–Crippen MR) is 60.5 cm³/mol. The van der Waals surface area contributed by atoms with Gasteiger partial charge in [-0.15, -0.1) is 0 Å². The van der Waals surface area contributed by atoms with E-state index in [1.54, 1.807) is 23.8 Å². The zero-order valence-electron chi connectivity index (χ0n) is 9.14. The smallest absolute Gasteiger partial charge is 0.160 e. The van der Waals surface area contributed by atoms with Crippen molar-refractivity contribution < 1.29 is 8.78 Å². The van der Waals surface area contributed by atoms with E-state index in [9.17, 15) is 8.78 Å². The van der Waals surface area contributed by atoms with Gasteiger partial charge in [0, 0.05) is 29.1 Å². The number of azide groups is 1. The number of aromatic nitrogens is 1. The summed E-state index contributed by atoms with van der Waals surface area (Å²) < 4.78 is 27.8. The van der Waals surface area contributed by atoms with E-state index in [4.69, 9.17) is 5.53 Å². The Morgan fingerprint density at radius 1 is 1.41 bits per heavy atom. The second kappa shape index (κ2) is 4.43. The standard InChI is InChI=1S/C11H10F2N4/c1-7(15-16-14)6-17-3-2-8-4-9(12)10(13)5-11(8)17/h2-5,7H,6H2,1H3/t7-/m0/s1. The third-order valence-corrected chi connectivity index (χ3v) is 2.52. The van der Waals surface area contributed by atoms with Gasteiger partial charge in [-0.1, -0.05) is 12.0 Å². The molecular formula is C11H10F2N4. The zero-order chi connectivity index (χ0) is 12.4. The Morgan fingerprint density at radius 2 is 2.12 bits per heavy atom. The number of hydrogen-bond acceptors (Lipinski definition) is 1. The lowest BCUT2D eigenvalue weighted by atomic mass is 10.2. The molecule has 0 spiro atoms. The summed E-state index contributed by atoms with van der Waals surface area (Å²) in [6.45, 7) is 2.18. The molecule has 1 heterocycles. The van der Waals surface area contributed by atoms with Crippen LogP contribution in [0.3, 0.4) is 0 Å². The highest BCUT2D eigenvalue weighted by molar-refractivity contribution is 5.80. The number of hydrogen-bond donors (Lipinski definition) is 0. The predicted octanol–water partition coefficient (Wildman–Crippen LogP) is 3.62. The molecule has 0 unspecified atom stereocenters. The van der Waals surface area contributed by atoms with Crippen molar-refractivity contribution >= 4 is 10.9 Å². The summed E-state index contributed by atoms with van der Waals surface area (Å²) in [5.74, 6) is -1.74. The van der Waals surface area contributed by atoms with E-state index in [0.717, 1.165) is 12.1 Å². The first-order valence-electron chi connectivity index (χ1n) is 5.10. The molecule has 0 bridgehead atoms. The van der Waals surface area contributed by atoms with Crippen LogP contribution in [0.1, 0.15) is 6.92 Å². The fourth-order valence-electron chi connectivity index (χ4n) is 1.75.